The Morgan fingerprint density at radius 2 is 1.00 bits per heavy atom. The van der Waals surface area contributed by atoms with Crippen molar-refractivity contribution in [3.63, 3.8) is 0 Å². The molecule has 0 aliphatic carbocycles. The van der Waals surface area contributed by atoms with Gasteiger partial charge in [-0.05, 0) is 0 Å². The van der Waals surface area contributed by atoms with Crippen molar-refractivity contribution in [2.24, 2.45) is 0 Å². The van der Waals surface area contributed by atoms with Crippen LogP contribution in [0.3, 0.4) is 0 Å². The molecule has 0 nitrogen and oxygen atoms in total. The smallest absolute Gasteiger partial charge is 0.184 e. The number of hydrogen-bond donors (Lipinski definition) is 1. The summed E-state index contributed by atoms with van der Waals surface area (Å²) < 4.78 is 54.1. The Balaban J connectivity index is 0. The van der Waals surface area contributed by atoms with Gasteiger partial charge >= 0.3 is 11.4 Å². The molecule has 0 amide bonds. The molecule has 0 fully saturated rings. The van der Waals surface area contributed by atoms with Gasteiger partial charge in [-0.3, -0.25) is 0 Å². The van der Waals surface area contributed by atoms with E-state index in [0.717, 1.165) is 0 Å². The minimum Gasteiger partial charge on any atom is -0.184 e. The molecule has 0 bridgehead atoms. The minimum absolute atomic E-state index is 0. The zero-order valence-electron chi connectivity index (χ0n) is 3.64. The van der Waals surface area contributed by atoms with E-state index in [1.165, 1.54) is 0 Å². The van der Waals surface area contributed by atoms with Crippen molar-refractivity contribution in [2.75, 3.05) is 0 Å². The van der Waals surface area contributed by atoms with E-state index >= 15 is 0 Å². The Hall–Kier alpha value is 0.740. The van der Waals surface area contributed by atoms with Gasteiger partial charge in [0.2, 0.25) is 0 Å². The molecule has 0 atom stereocenters. The van der Waals surface area contributed by atoms with Crippen LogP contribution in [-0.2, 0) is 22.4 Å². The standard InChI is InChI=1S/C2HF5S.Ag/c3-1(4,5)2(6,7)8;/h8H;. The summed E-state index contributed by atoms with van der Waals surface area (Å²) >= 11 is 1.98. The van der Waals surface area contributed by atoms with Gasteiger partial charge in [0.1, 0.15) is 0 Å². The Kier molecular flexibility index (Phi) is 4.45. The minimum atomic E-state index is -5.53. The molecule has 0 saturated carbocycles. The molecule has 0 aromatic carbocycles. The van der Waals surface area contributed by atoms with E-state index in [1.54, 1.807) is 0 Å². The first kappa shape index (κ1) is 12.4. The summed E-state index contributed by atoms with van der Waals surface area (Å²) in [7, 11) is 0. The molecule has 1 radical (unpaired) electrons. The van der Waals surface area contributed by atoms with Crippen LogP contribution in [0.2, 0.25) is 0 Å². The van der Waals surface area contributed by atoms with Crippen LogP contribution in [0.15, 0.2) is 0 Å². The number of halogens is 5. The number of rotatable bonds is 0. The van der Waals surface area contributed by atoms with Gasteiger partial charge < -0.3 is 0 Å². The Morgan fingerprint density at radius 1 is 0.889 bits per heavy atom. The van der Waals surface area contributed by atoms with E-state index in [2.05, 4.69) is 0 Å². The Bertz CT molecular complexity index is 69.9. The molecular weight excluding hydrogens is 259 g/mol. The zero-order chi connectivity index (χ0) is 7.00. The van der Waals surface area contributed by atoms with Crippen molar-refractivity contribution in [3.8, 4) is 0 Å². The van der Waals surface area contributed by atoms with Gasteiger partial charge in [-0.2, -0.15) is 22.0 Å². The van der Waals surface area contributed by atoms with Crippen molar-refractivity contribution < 1.29 is 44.3 Å². The van der Waals surface area contributed by atoms with Crippen LogP contribution in [-0.4, -0.2) is 11.4 Å². The molecule has 0 rings (SSSR count). The summed E-state index contributed by atoms with van der Waals surface area (Å²) in [5.74, 6) is 0. The van der Waals surface area contributed by atoms with Gasteiger partial charge in [0, 0.05) is 22.4 Å². The second kappa shape index (κ2) is 3.23. The molecular formula is C2HAgF5S. The van der Waals surface area contributed by atoms with Gasteiger partial charge in [-0.15, -0.1) is 0 Å². The first-order valence-corrected chi connectivity index (χ1v) is 1.87. The monoisotopic (exact) mass is 259 g/mol. The summed E-state index contributed by atoms with van der Waals surface area (Å²) in [6, 6.07) is 0. The normalized spacial score (nSPS) is 12.7. The summed E-state index contributed by atoms with van der Waals surface area (Å²) in [5, 5.41) is -4.87. The van der Waals surface area contributed by atoms with Gasteiger partial charge in [0.05, 0.1) is 0 Å². The molecule has 7 heteroatoms. The van der Waals surface area contributed by atoms with Crippen LogP contribution in [0.4, 0.5) is 22.0 Å². The topological polar surface area (TPSA) is 0 Å². The van der Waals surface area contributed by atoms with Crippen LogP contribution in [0, 0.1) is 0 Å². The van der Waals surface area contributed by atoms with Crippen molar-refractivity contribution in [3.05, 3.63) is 0 Å². The maximum Gasteiger partial charge on any atom is 0.463 e. The van der Waals surface area contributed by atoms with Crippen LogP contribution < -0.4 is 0 Å². The summed E-state index contributed by atoms with van der Waals surface area (Å²) in [5.41, 5.74) is 0. The third-order valence-electron chi connectivity index (χ3n) is 0.341. The summed E-state index contributed by atoms with van der Waals surface area (Å²) in [4.78, 5) is 0. The van der Waals surface area contributed by atoms with E-state index in [0.29, 0.717) is 0 Å². The van der Waals surface area contributed by atoms with E-state index < -0.39 is 11.4 Å². The number of hydrogen-bond acceptors (Lipinski definition) is 1. The molecule has 0 spiro atoms. The molecule has 61 valence electrons. The predicted octanol–water partition coefficient (Wildman–Crippen LogP) is 2.07. The predicted molar refractivity (Wildman–Crippen MR) is 20.0 cm³/mol. The quantitative estimate of drug-likeness (QED) is 0.384. The molecule has 0 aromatic rings. The van der Waals surface area contributed by atoms with E-state index in [4.69, 9.17) is 0 Å². The van der Waals surface area contributed by atoms with Crippen LogP contribution in [0.1, 0.15) is 0 Å². The molecule has 0 saturated heterocycles. The van der Waals surface area contributed by atoms with Gasteiger partial charge in [0.25, 0.3) is 0 Å². The number of alkyl halides is 5. The molecule has 0 aliphatic heterocycles. The van der Waals surface area contributed by atoms with Crippen molar-refractivity contribution in [1.29, 1.82) is 0 Å². The summed E-state index contributed by atoms with van der Waals surface area (Å²) in [6.45, 7) is 0. The Morgan fingerprint density at radius 3 is 1.00 bits per heavy atom. The second-order valence-corrected chi connectivity index (χ2v) is 1.60. The molecule has 0 heterocycles. The van der Waals surface area contributed by atoms with Crippen LogP contribution in [0.25, 0.3) is 0 Å². The van der Waals surface area contributed by atoms with Crippen molar-refractivity contribution in [1.82, 2.24) is 0 Å². The van der Waals surface area contributed by atoms with Gasteiger partial charge in [-0.25, -0.2) is 0 Å². The summed E-state index contributed by atoms with van der Waals surface area (Å²) in [6.07, 6.45) is -5.53. The van der Waals surface area contributed by atoms with Crippen molar-refractivity contribution in [2.45, 2.75) is 11.4 Å². The second-order valence-electron chi connectivity index (χ2n) is 1.04. The van der Waals surface area contributed by atoms with Crippen LogP contribution >= 0.6 is 12.6 Å². The first-order chi connectivity index (χ1) is 3.25. The van der Waals surface area contributed by atoms with Gasteiger partial charge in [-0.1, -0.05) is 12.6 Å². The average molecular weight is 260 g/mol. The fourth-order valence-electron chi connectivity index (χ4n) is 0. The largest absolute Gasteiger partial charge is 0.463 e. The molecule has 9 heavy (non-hydrogen) atoms. The third kappa shape index (κ3) is 4.19. The Labute approximate surface area is 68.7 Å². The van der Waals surface area contributed by atoms with E-state index in [9.17, 15) is 22.0 Å². The fourth-order valence-corrected chi connectivity index (χ4v) is 0. The van der Waals surface area contributed by atoms with Crippen molar-refractivity contribution >= 4 is 12.6 Å². The van der Waals surface area contributed by atoms with E-state index in [-0.39, 0.29) is 22.4 Å². The molecule has 0 aliphatic rings. The zero-order valence-corrected chi connectivity index (χ0v) is 6.02. The number of thiol groups is 1. The average Bonchev–Trinajstić information content (AvgIpc) is 1.25. The first-order valence-electron chi connectivity index (χ1n) is 1.42. The SMILES string of the molecule is FC(F)(F)C(F)(F)S.[Ag]. The maximum absolute atomic E-state index is 11.0. The molecule has 0 N–H and O–H groups in total. The third-order valence-corrected chi connectivity index (χ3v) is 0.595. The van der Waals surface area contributed by atoms with Crippen LogP contribution in [0.5, 0.6) is 0 Å². The fraction of sp³-hybridized carbons (Fsp3) is 1.00. The maximum atomic E-state index is 11.0. The van der Waals surface area contributed by atoms with Gasteiger partial charge in [0.15, 0.2) is 0 Å². The van der Waals surface area contributed by atoms with E-state index in [1.807, 2.05) is 12.6 Å². The molecule has 0 aromatic heterocycles. The molecule has 0 unspecified atom stereocenters.